The Balaban J connectivity index is 0.00000112. The van der Waals surface area contributed by atoms with Crippen LogP contribution in [0.2, 0.25) is 0 Å². The Hall–Kier alpha value is -0.650. The van der Waals surface area contributed by atoms with Gasteiger partial charge in [-0.15, -0.1) is 23.7 Å². The second-order valence-corrected chi connectivity index (χ2v) is 4.37. The van der Waals surface area contributed by atoms with Gasteiger partial charge in [0.25, 0.3) is 5.91 Å². The maximum absolute atomic E-state index is 11.6. The second kappa shape index (κ2) is 5.44. The van der Waals surface area contributed by atoms with Crippen LogP contribution in [0.3, 0.4) is 0 Å². The molecule has 1 heterocycles. The molecule has 0 spiro atoms. The largest absolute Gasteiger partial charge is 0.348 e. The molecule has 0 saturated heterocycles. The Morgan fingerprint density at radius 2 is 2.40 bits per heavy atom. The highest BCUT2D eigenvalue weighted by atomic mass is 35.5. The molecule has 15 heavy (non-hydrogen) atoms. The molecule has 1 fully saturated rings. The predicted molar refractivity (Wildman–Crippen MR) is 62.4 cm³/mol. The first-order chi connectivity index (χ1) is 6.79. The van der Waals surface area contributed by atoms with Gasteiger partial charge in [0.05, 0.1) is 0 Å². The van der Waals surface area contributed by atoms with Crippen LogP contribution in [0, 0.1) is 0 Å². The third kappa shape index (κ3) is 2.90. The molecule has 0 aromatic carbocycles. The molecule has 0 aliphatic heterocycles. The van der Waals surface area contributed by atoms with Crippen molar-refractivity contribution in [2.75, 3.05) is 0 Å². The Morgan fingerprint density at radius 1 is 1.67 bits per heavy atom. The maximum Gasteiger partial charge on any atom is 0.270 e. The summed E-state index contributed by atoms with van der Waals surface area (Å²) in [5.74, 6) is -0.0642. The lowest BCUT2D eigenvalue weighted by atomic mass is 9.93. The number of amides is 1. The fourth-order valence-corrected chi connectivity index (χ4v) is 1.98. The zero-order valence-electron chi connectivity index (χ0n) is 8.23. The van der Waals surface area contributed by atoms with Crippen molar-refractivity contribution in [2.45, 2.75) is 31.8 Å². The number of hydrogen-bond acceptors (Lipinski definition) is 4. The van der Waals surface area contributed by atoms with Gasteiger partial charge in [-0.2, -0.15) is 0 Å². The highest BCUT2D eigenvalue weighted by Gasteiger charge is 2.21. The van der Waals surface area contributed by atoms with E-state index >= 15 is 0 Å². The van der Waals surface area contributed by atoms with Gasteiger partial charge in [0, 0.05) is 18.0 Å². The van der Waals surface area contributed by atoms with Crippen LogP contribution in [0.5, 0.6) is 0 Å². The molecule has 0 unspecified atom stereocenters. The van der Waals surface area contributed by atoms with Gasteiger partial charge < -0.3 is 11.1 Å². The topological polar surface area (TPSA) is 68.0 Å². The summed E-state index contributed by atoms with van der Waals surface area (Å²) in [7, 11) is 0. The van der Waals surface area contributed by atoms with E-state index in [4.69, 9.17) is 5.73 Å². The molecule has 1 amide bonds. The first kappa shape index (κ1) is 12.4. The van der Waals surface area contributed by atoms with Crippen molar-refractivity contribution in [3.8, 4) is 0 Å². The average molecular weight is 248 g/mol. The molecule has 0 atom stereocenters. The number of carbonyl (C=O) groups is 1. The van der Waals surface area contributed by atoms with Gasteiger partial charge in [0.15, 0.2) is 0 Å². The summed E-state index contributed by atoms with van der Waals surface area (Å²) in [6.45, 7) is 0.404. The Labute approximate surface area is 98.7 Å². The predicted octanol–water partition coefficient (Wildman–Crippen LogP) is 1.31. The molecule has 6 heteroatoms. The summed E-state index contributed by atoms with van der Waals surface area (Å²) < 4.78 is 0. The Kier molecular flexibility index (Phi) is 4.50. The van der Waals surface area contributed by atoms with Crippen LogP contribution in [0.4, 0.5) is 0 Å². The summed E-state index contributed by atoms with van der Waals surface area (Å²) in [5, 5.41) is 5.50. The van der Waals surface area contributed by atoms with Crippen LogP contribution in [0.25, 0.3) is 0 Å². The lowest BCUT2D eigenvalue weighted by molar-refractivity contribution is 0.0912. The summed E-state index contributed by atoms with van der Waals surface area (Å²) in [4.78, 5) is 15.7. The average Bonchev–Trinajstić information content (AvgIpc) is 2.59. The van der Waals surface area contributed by atoms with E-state index in [-0.39, 0.29) is 18.3 Å². The van der Waals surface area contributed by atoms with Crippen molar-refractivity contribution in [2.24, 2.45) is 5.73 Å². The van der Waals surface area contributed by atoms with Crippen LogP contribution in [0.1, 0.15) is 34.8 Å². The molecule has 0 bridgehead atoms. The standard InChI is InChI=1S/C9H13N3OS.ClH/c10-4-8-12-7(5-14-8)9(13)11-6-2-1-3-6;/h5-6H,1-4,10H2,(H,11,13);1H. The SMILES string of the molecule is Cl.NCc1nc(C(=O)NC2CCC2)cs1. The van der Waals surface area contributed by atoms with E-state index in [1.165, 1.54) is 17.8 Å². The van der Waals surface area contributed by atoms with Crippen LogP contribution in [-0.2, 0) is 6.54 Å². The van der Waals surface area contributed by atoms with Crippen LogP contribution >= 0.6 is 23.7 Å². The van der Waals surface area contributed by atoms with Crippen molar-refractivity contribution < 1.29 is 4.79 Å². The van der Waals surface area contributed by atoms with E-state index in [2.05, 4.69) is 10.3 Å². The van der Waals surface area contributed by atoms with E-state index in [1.54, 1.807) is 5.38 Å². The number of nitrogens with two attached hydrogens (primary N) is 1. The number of carbonyl (C=O) groups excluding carboxylic acids is 1. The van der Waals surface area contributed by atoms with Gasteiger partial charge in [-0.1, -0.05) is 0 Å². The minimum Gasteiger partial charge on any atom is -0.348 e. The molecule has 1 aromatic heterocycles. The number of hydrogen-bond donors (Lipinski definition) is 2. The zero-order valence-corrected chi connectivity index (χ0v) is 9.87. The van der Waals surface area contributed by atoms with Crippen molar-refractivity contribution in [1.29, 1.82) is 0 Å². The van der Waals surface area contributed by atoms with Gasteiger partial charge in [-0.05, 0) is 19.3 Å². The van der Waals surface area contributed by atoms with E-state index in [0.717, 1.165) is 17.8 Å². The van der Waals surface area contributed by atoms with Crippen LogP contribution < -0.4 is 11.1 Å². The summed E-state index contributed by atoms with van der Waals surface area (Å²) in [5.41, 5.74) is 5.92. The van der Waals surface area contributed by atoms with Crippen molar-refractivity contribution in [3.05, 3.63) is 16.1 Å². The molecule has 2 rings (SSSR count). The summed E-state index contributed by atoms with van der Waals surface area (Å²) in [6.07, 6.45) is 3.41. The van der Waals surface area contributed by atoms with Gasteiger partial charge in [-0.25, -0.2) is 4.98 Å². The van der Waals surface area contributed by atoms with Crippen molar-refractivity contribution in [3.63, 3.8) is 0 Å². The van der Waals surface area contributed by atoms with Crippen LogP contribution in [-0.4, -0.2) is 16.9 Å². The van der Waals surface area contributed by atoms with Gasteiger partial charge in [0.1, 0.15) is 10.7 Å². The number of thiazole rings is 1. The molecular formula is C9H14ClN3OS. The molecule has 84 valence electrons. The third-order valence-electron chi connectivity index (χ3n) is 2.40. The number of aromatic nitrogens is 1. The summed E-state index contributed by atoms with van der Waals surface area (Å²) in [6, 6.07) is 0.366. The lowest BCUT2D eigenvalue weighted by Gasteiger charge is -2.25. The van der Waals surface area contributed by atoms with E-state index in [9.17, 15) is 4.79 Å². The van der Waals surface area contributed by atoms with Crippen LogP contribution in [0.15, 0.2) is 5.38 Å². The van der Waals surface area contributed by atoms with Crippen molar-refractivity contribution in [1.82, 2.24) is 10.3 Å². The highest BCUT2D eigenvalue weighted by molar-refractivity contribution is 7.09. The molecule has 3 N–H and O–H groups in total. The molecule has 4 nitrogen and oxygen atoms in total. The molecular weight excluding hydrogens is 234 g/mol. The normalized spacial score (nSPS) is 15.3. The van der Waals surface area contributed by atoms with E-state index in [1.807, 2.05) is 0 Å². The number of rotatable bonds is 3. The summed E-state index contributed by atoms with van der Waals surface area (Å²) >= 11 is 1.43. The third-order valence-corrected chi connectivity index (χ3v) is 3.27. The minimum atomic E-state index is -0.0642. The van der Waals surface area contributed by atoms with Gasteiger partial charge in [-0.3, -0.25) is 4.79 Å². The van der Waals surface area contributed by atoms with Crippen molar-refractivity contribution >= 4 is 29.7 Å². The fraction of sp³-hybridized carbons (Fsp3) is 0.556. The monoisotopic (exact) mass is 247 g/mol. The zero-order chi connectivity index (χ0) is 9.97. The number of nitrogens with zero attached hydrogens (tertiary/aromatic N) is 1. The minimum absolute atomic E-state index is 0. The number of halogens is 1. The number of nitrogens with one attached hydrogen (secondary N) is 1. The quantitative estimate of drug-likeness (QED) is 0.846. The van der Waals surface area contributed by atoms with E-state index < -0.39 is 0 Å². The Morgan fingerprint density at radius 3 is 2.87 bits per heavy atom. The first-order valence-electron chi connectivity index (χ1n) is 4.75. The maximum atomic E-state index is 11.6. The van der Waals surface area contributed by atoms with Gasteiger partial charge in [0.2, 0.25) is 0 Å². The molecule has 1 aliphatic carbocycles. The Bertz CT molecular complexity index is 338. The first-order valence-corrected chi connectivity index (χ1v) is 5.63. The lowest BCUT2D eigenvalue weighted by Crippen LogP contribution is -2.39. The highest BCUT2D eigenvalue weighted by Crippen LogP contribution is 2.18. The van der Waals surface area contributed by atoms with Gasteiger partial charge >= 0.3 is 0 Å². The van der Waals surface area contributed by atoms with E-state index in [0.29, 0.717) is 18.3 Å². The molecule has 1 aliphatic rings. The fourth-order valence-electron chi connectivity index (χ4n) is 1.32. The molecule has 1 saturated carbocycles. The molecule has 1 aromatic rings. The molecule has 0 radical (unpaired) electrons. The smallest absolute Gasteiger partial charge is 0.270 e. The second-order valence-electron chi connectivity index (χ2n) is 3.43.